The van der Waals surface area contributed by atoms with Crippen LogP contribution in [0.2, 0.25) is 0 Å². The average Bonchev–Trinajstić information content (AvgIpc) is 3.59. The summed E-state index contributed by atoms with van der Waals surface area (Å²) in [5, 5.41) is 2.92. The van der Waals surface area contributed by atoms with Crippen LogP contribution in [0.5, 0.6) is 0 Å². The highest BCUT2D eigenvalue weighted by Gasteiger charge is 2.24. The predicted octanol–water partition coefficient (Wildman–Crippen LogP) is 3.84. The maximum atomic E-state index is 14.5. The Morgan fingerprint density at radius 3 is 2.43 bits per heavy atom. The van der Waals surface area contributed by atoms with Crippen molar-refractivity contribution in [2.75, 3.05) is 5.32 Å². The summed E-state index contributed by atoms with van der Waals surface area (Å²) in [7, 11) is 0. The highest BCUT2D eigenvalue weighted by atomic mass is 19.1. The minimum Gasteiger partial charge on any atom is -0.396 e. The van der Waals surface area contributed by atoms with E-state index >= 15 is 0 Å². The van der Waals surface area contributed by atoms with Gasteiger partial charge in [-0.15, -0.1) is 0 Å². The van der Waals surface area contributed by atoms with Crippen LogP contribution < -0.4 is 16.8 Å². The van der Waals surface area contributed by atoms with Gasteiger partial charge in [-0.3, -0.25) is 9.97 Å². The van der Waals surface area contributed by atoms with Crippen LogP contribution in [-0.4, -0.2) is 15.9 Å². The van der Waals surface area contributed by atoms with Gasteiger partial charge in [0.05, 0.1) is 23.8 Å². The summed E-state index contributed by atoms with van der Waals surface area (Å²) in [5.41, 5.74) is 14.0. The molecule has 6 nitrogen and oxygen atoms in total. The molecule has 0 bridgehead atoms. The van der Waals surface area contributed by atoms with Crippen LogP contribution in [0.3, 0.4) is 0 Å². The maximum Gasteiger partial charge on any atom is 0.198 e. The van der Waals surface area contributed by atoms with Gasteiger partial charge in [-0.1, -0.05) is 12.1 Å². The van der Waals surface area contributed by atoms with Crippen molar-refractivity contribution in [3.05, 3.63) is 89.5 Å². The molecule has 1 aliphatic rings. The Balaban J connectivity index is 1.71. The van der Waals surface area contributed by atoms with Crippen LogP contribution in [0.15, 0.2) is 66.0 Å². The maximum absolute atomic E-state index is 14.5. The van der Waals surface area contributed by atoms with Gasteiger partial charge in [0.25, 0.3) is 0 Å². The molecule has 0 spiro atoms. The number of aromatic nitrogens is 2. The molecule has 3 aromatic rings. The number of halogens is 2. The number of guanidine groups is 1. The van der Waals surface area contributed by atoms with Gasteiger partial charge >= 0.3 is 0 Å². The van der Waals surface area contributed by atoms with E-state index < -0.39 is 11.6 Å². The van der Waals surface area contributed by atoms with Gasteiger partial charge in [0.1, 0.15) is 11.5 Å². The SMILES string of the molecule is NC(=N/C(=C(\N)c1ccncc1F)c1ccccc1F)Nc1ccc(C2CC2)nc1. The standard InChI is InChI=1S/C22H20F2N6/c23-17-4-2-1-3-16(17)21(20(25)15-9-10-27-12-18(15)24)30-22(26)29-14-7-8-19(28-11-14)13-5-6-13/h1-4,7-13H,5-6,25H2,(H3,26,29,30)/b21-20-. The Bertz CT molecular complexity index is 1120. The van der Waals surface area contributed by atoms with Gasteiger partial charge < -0.3 is 16.8 Å². The zero-order valence-corrected chi connectivity index (χ0v) is 16.0. The van der Waals surface area contributed by atoms with Crippen molar-refractivity contribution in [1.29, 1.82) is 0 Å². The molecule has 30 heavy (non-hydrogen) atoms. The van der Waals surface area contributed by atoms with Gasteiger partial charge in [0, 0.05) is 28.9 Å². The molecule has 2 heterocycles. The van der Waals surface area contributed by atoms with E-state index in [1.165, 1.54) is 30.5 Å². The number of rotatable bonds is 5. The van der Waals surface area contributed by atoms with E-state index in [-0.39, 0.29) is 28.5 Å². The molecule has 1 aromatic carbocycles. The van der Waals surface area contributed by atoms with Crippen molar-refractivity contribution in [2.45, 2.75) is 18.8 Å². The fourth-order valence-electron chi connectivity index (χ4n) is 3.04. The molecule has 0 radical (unpaired) electrons. The van der Waals surface area contributed by atoms with E-state index in [9.17, 15) is 8.78 Å². The monoisotopic (exact) mass is 406 g/mol. The number of nitrogens with zero attached hydrogens (tertiary/aromatic N) is 3. The topological polar surface area (TPSA) is 102 Å². The minimum atomic E-state index is -0.648. The molecule has 8 heteroatoms. The van der Waals surface area contributed by atoms with E-state index in [1.807, 2.05) is 12.1 Å². The molecule has 1 fully saturated rings. The first-order valence-corrected chi connectivity index (χ1v) is 9.44. The summed E-state index contributed by atoms with van der Waals surface area (Å²) in [6, 6.07) is 11.1. The fourth-order valence-corrected chi connectivity index (χ4v) is 3.04. The summed E-state index contributed by atoms with van der Waals surface area (Å²) in [5.74, 6) is -0.704. The highest BCUT2D eigenvalue weighted by molar-refractivity contribution is 6.00. The summed E-state index contributed by atoms with van der Waals surface area (Å²) < 4.78 is 28.7. The second-order valence-corrected chi connectivity index (χ2v) is 6.97. The van der Waals surface area contributed by atoms with E-state index in [1.54, 1.807) is 12.3 Å². The number of pyridine rings is 2. The van der Waals surface area contributed by atoms with Crippen LogP contribution in [-0.2, 0) is 0 Å². The molecule has 1 aliphatic carbocycles. The van der Waals surface area contributed by atoms with E-state index in [2.05, 4.69) is 20.3 Å². The molecule has 5 N–H and O–H groups in total. The van der Waals surface area contributed by atoms with E-state index in [0.29, 0.717) is 11.6 Å². The van der Waals surface area contributed by atoms with Crippen molar-refractivity contribution in [1.82, 2.24) is 9.97 Å². The quantitative estimate of drug-likeness (QED) is 0.441. The van der Waals surface area contributed by atoms with Crippen LogP contribution in [0.1, 0.15) is 35.6 Å². The molecule has 0 amide bonds. The average molecular weight is 406 g/mol. The van der Waals surface area contributed by atoms with Crippen LogP contribution in [0.4, 0.5) is 14.5 Å². The molecule has 4 rings (SSSR count). The van der Waals surface area contributed by atoms with E-state index in [4.69, 9.17) is 11.5 Å². The molecule has 1 saturated carbocycles. The van der Waals surface area contributed by atoms with Crippen molar-refractivity contribution in [2.24, 2.45) is 16.5 Å². The number of benzene rings is 1. The first-order chi connectivity index (χ1) is 14.5. The van der Waals surface area contributed by atoms with Crippen LogP contribution in [0.25, 0.3) is 11.4 Å². The van der Waals surface area contributed by atoms with E-state index in [0.717, 1.165) is 24.7 Å². The number of aliphatic imine (C=N–C) groups is 1. The molecule has 0 saturated heterocycles. The lowest BCUT2D eigenvalue weighted by atomic mass is 10.1. The van der Waals surface area contributed by atoms with Gasteiger partial charge in [0.15, 0.2) is 11.8 Å². The second kappa shape index (κ2) is 8.28. The minimum absolute atomic E-state index is 0.00533. The summed E-state index contributed by atoms with van der Waals surface area (Å²) >= 11 is 0. The Labute approximate surface area is 172 Å². The van der Waals surface area contributed by atoms with Gasteiger partial charge in [-0.05, 0) is 43.2 Å². The summed E-state index contributed by atoms with van der Waals surface area (Å²) in [6.07, 6.45) is 6.40. The third-order valence-corrected chi connectivity index (χ3v) is 4.73. The molecule has 152 valence electrons. The molecular weight excluding hydrogens is 386 g/mol. The number of nitrogens with one attached hydrogen (secondary N) is 1. The first kappa shape index (κ1) is 19.5. The third-order valence-electron chi connectivity index (χ3n) is 4.73. The molecule has 0 aliphatic heterocycles. The number of anilines is 1. The lowest BCUT2D eigenvalue weighted by molar-refractivity contribution is 0.616. The molecule has 2 aromatic heterocycles. The third kappa shape index (κ3) is 4.27. The lowest BCUT2D eigenvalue weighted by Crippen LogP contribution is -2.23. The number of hydrogen-bond acceptors (Lipinski definition) is 4. The smallest absolute Gasteiger partial charge is 0.198 e. The second-order valence-electron chi connectivity index (χ2n) is 6.97. The predicted molar refractivity (Wildman–Crippen MR) is 113 cm³/mol. The highest BCUT2D eigenvalue weighted by Crippen LogP contribution is 2.38. The normalized spacial score (nSPS) is 14.9. The Morgan fingerprint density at radius 2 is 1.77 bits per heavy atom. The van der Waals surface area contributed by atoms with Gasteiger partial charge in [0.2, 0.25) is 0 Å². The summed E-state index contributed by atoms with van der Waals surface area (Å²) in [6.45, 7) is 0. The molecule has 0 unspecified atom stereocenters. The zero-order valence-electron chi connectivity index (χ0n) is 16.0. The summed E-state index contributed by atoms with van der Waals surface area (Å²) in [4.78, 5) is 12.4. The fraction of sp³-hybridized carbons (Fsp3) is 0.136. The van der Waals surface area contributed by atoms with Gasteiger partial charge in [-0.2, -0.15) is 0 Å². The Morgan fingerprint density at radius 1 is 0.967 bits per heavy atom. The first-order valence-electron chi connectivity index (χ1n) is 9.44. The molecular formula is C22H20F2N6. The number of nitrogens with two attached hydrogens (primary N) is 2. The van der Waals surface area contributed by atoms with Crippen molar-refractivity contribution in [3.63, 3.8) is 0 Å². The lowest BCUT2D eigenvalue weighted by Gasteiger charge is -2.12. The van der Waals surface area contributed by atoms with Crippen LogP contribution >= 0.6 is 0 Å². The Kier molecular flexibility index (Phi) is 5.38. The molecule has 0 atom stereocenters. The van der Waals surface area contributed by atoms with Crippen LogP contribution in [0, 0.1) is 11.6 Å². The van der Waals surface area contributed by atoms with Crippen molar-refractivity contribution < 1.29 is 8.78 Å². The van der Waals surface area contributed by atoms with Crippen molar-refractivity contribution in [3.8, 4) is 0 Å². The Hall–Kier alpha value is -3.81. The zero-order chi connectivity index (χ0) is 21.1. The van der Waals surface area contributed by atoms with Crippen molar-refractivity contribution >= 4 is 23.0 Å². The number of hydrogen-bond donors (Lipinski definition) is 3. The largest absolute Gasteiger partial charge is 0.396 e. The van der Waals surface area contributed by atoms with Gasteiger partial charge in [-0.25, -0.2) is 13.8 Å².